The first-order chi connectivity index (χ1) is 17.3. The number of pyridine rings is 1. The molecular formula is C26H21N5O4S. The summed E-state index contributed by atoms with van der Waals surface area (Å²) in [5.74, 6) is -1.06. The highest BCUT2D eigenvalue weighted by molar-refractivity contribution is 7.90. The van der Waals surface area contributed by atoms with Crippen LogP contribution in [0.5, 0.6) is 0 Å². The topological polar surface area (TPSA) is 130 Å². The number of carbonyl (C=O) groups excluding carboxylic acids is 2. The van der Waals surface area contributed by atoms with Crippen LogP contribution in [-0.4, -0.2) is 37.1 Å². The number of aliphatic imine (C=N–C) groups is 1. The average Bonchev–Trinajstić information content (AvgIpc) is 3.16. The third-order valence-corrected chi connectivity index (χ3v) is 7.09. The maximum Gasteiger partial charge on any atom is 0.270 e. The Bertz CT molecular complexity index is 1630. The summed E-state index contributed by atoms with van der Waals surface area (Å²) in [6.45, 7) is 1.50. The summed E-state index contributed by atoms with van der Waals surface area (Å²) in [6.07, 6.45) is 0. The zero-order valence-corrected chi connectivity index (χ0v) is 19.9. The van der Waals surface area contributed by atoms with E-state index in [9.17, 15) is 18.0 Å². The molecule has 1 aromatic heterocycles. The number of amides is 2. The predicted molar refractivity (Wildman–Crippen MR) is 136 cm³/mol. The lowest BCUT2D eigenvalue weighted by Gasteiger charge is -2.13. The number of carbonyl (C=O) groups is 2. The highest BCUT2D eigenvalue weighted by Gasteiger charge is 2.31. The maximum absolute atomic E-state index is 13.1. The Hall–Kier alpha value is -4.57. The Labute approximate surface area is 207 Å². The molecule has 5 rings (SSSR count). The number of fused-ring (bicyclic) bond motifs is 2. The molecule has 3 N–H and O–H groups in total. The molecule has 0 aliphatic carbocycles. The molecule has 180 valence electrons. The first-order valence-corrected chi connectivity index (χ1v) is 12.6. The Morgan fingerprint density at radius 3 is 2.42 bits per heavy atom. The number of nitrogens with zero attached hydrogens (tertiary/aromatic N) is 2. The predicted octanol–water partition coefficient (Wildman–Crippen LogP) is 2.79. The Morgan fingerprint density at radius 1 is 0.917 bits per heavy atom. The fraction of sp³-hybridized carbons (Fsp3) is 0.0769. The van der Waals surface area contributed by atoms with E-state index in [1.165, 1.54) is 13.0 Å². The van der Waals surface area contributed by atoms with Gasteiger partial charge in [-0.25, -0.2) is 13.4 Å². The summed E-state index contributed by atoms with van der Waals surface area (Å²) in [4.78, 5) is 34.7. The molecule has 1 aliphatic rings. The standard InChI is InChI=1S/C26H21N5O4S/c1-16(27-24-19-12-6-8-14-23(19)36(34,35)31-24)25(32)29-30-26(33)20-15-22(17-9-3-2-4-10-17)28-21-13-7-5-11-18(20)21/h2-16H,1H3,(H,27,31)(H,29,32)(H,30,33)/t16-/m0/s1. The number of sulfonamides is 1. The van der Waals surface area contributed by atoms with Crippen LogP contribution in [0, 0.1) is 0 Å². The molecule has 0 fully saturated rings. The van der Waals surface area contributed by atoms with Gasteiger partial charge in [0.25, 0.3) is 21.8 Å². The number of para-hydroxylation sites is 1. The van der Waals surface area contributed by atoms with E-state index in [1.807, 2.05) is 42.5 Å². The van der Waals surface area contributed by atoms with Gasteiger partial charge in [-0.1, -0.05) is 60.7 Å². The second-order valence-electron chi connectivity index (χ2n) is 8.14. The van der Waals surface area contributed by atoms with Crippen LogP contribution in [0.3, 0.4) is 0 Å². The quantitative estimate of drug-likeness (QED) is 0.372. The molecule has 9 nitrogen and oxygen atoms in total. The molecule has 36 heavy (non-hydrogen) atoms. The summed E-state index contributed by atoms with van der Waals surface area (Å²) >= 11 is 0. The lowest BCUT2D eigenvalue weighted by atomic mass is 10.0. The van der Waals surface area contributed by atoms with Gasteiger partial charge in [0.2, 0.25) is 0 Å². The molecule has 1 aliphatic heterocycles. The molecular weight excluding hydrogens is 478 g/mol. The van der Waals surface area contributed by atoms with Crippen LogP contribution in [0.1, 0.15) is 22.8 Å². The molecule has 2 heterocycles. The SMILES string of the molecule is C[C@H](N=C1NS(=O)(=O)c2ccccc21)C(=O)NNC(=O)c1cc(-c2ccccc2)nc2ccccc12. The summed E-state index contributed by atoms with van der Waals surface area (Å²) in [7, 11) is -3.72. The lowest BCUT2D eigenvalue weighted by molar-refractivity contribution is -0.122. The van der Waals surface area contributed by atoms with Crippen LogP contribution in [0.2, 0.25) is 0 Å². The van der Waals surface area contributed by atoms with Gasteiger partial charge in [-0.15, -0.1) is 0 Å². The lowest BCUT2D eigenvalue weighted by Crippen LogP contribution is -2.45. The van der Waals surface area contributed by atoms with Crippen LogP contribution in [0.25, 0.3) is 22.2 Å². The van der Waals surface area contributed by atoms with Crippen molar-refractivity contribution < 1.29 is 18.0 Å². The van der Waals surface area contributed by atoms with E-state index in [-0.39, 0.29) is 10.7 Å². The largest absolute Gasteiger partial charge is 0.271 e. The molecule has 4 aromatic rings. The van der Waals surface area contributed by atoms with Crippen LogP contribution < -0.4 is 15.6 Å². The van der Waals surface area contributed by atoms with E-state index < -0.39 is 27.9 Å². The van der Waals surface area contributed by atoms with Gasteiger partial charge in [0.15, 0.2) is 0 Å². The van der Waals surface area contributed by atoms with E-state index in [1.54, 1.807) is 36.4 Å². The van der Waals surface area contributed by atoms with Crippen molar-refractivity contribution in [2.24, 2.45) is 4.99 Å². The zero-order chi connectivity index (χ0) is 25.3. The van der Waals surface area contributed by atoms with E-state index in [2.05, 4.69) is 25.6 Å². The molecule has 3 aromatic carbocycles. The van der Waals surface area contributed by atoms with E-state index in [0.29, 0.717) is 27.7 Å². The summed E-state index contributed by atoms with van der Waals surface area (Å²) in [5, 5.41) is 0.634. The van der Waals surface area contributed by atoms with Gasteiger partial charge in [-0.3, -0.25) is 30.2 Å². The highest BCUT2D eigenvalue weighted by Crippen LogP contribution is 2.25. The van der Waals surface area contributed by atoms with Crippen LogP contribution in [0.15, 0.2) is 94.8 Å². The fourth-order valence-electron chi connectivity index (χ4n) is 3.89. The van der Waals surface area contributed by atoms with Crippen LogP contribution in [0.4, 0.5) is 0 Å². The first-order valence-electron chi connectivity index (χ1n) is 11.1. The number of nitrogens with one attached hydrogen (secondary N) is 3. The molecule has 0 saturated carbocycles. The minimum absolute atomic E-state index is 0.0761. The number of hydrogen-bond acceptors (Lipinski definition) is 6. The third-order valence-electron chi connectivity index (χ3n) is 5.69. The zero-order valence-electron chi connectivity index (χ0n) is 19.1. The molecule has 0 unspecified atom stereocenters. The molecule has 0 saturated heterocycles. The van der Waals surface area contributed by atoms with Gasteiger partial charge in [-0.05, 0) is 31.2 Å². The second-order valence-corrected chi connectivity index (χ2v) is 9.79. The second kappa shape index (κ2) is 9.23. The van der Waals surface area contributed by atoms with Gasteiger partial charge in [0.1, 0.15) is 11.9 Å². The van der Waals surface area contributed by atoms with Gasteiger partial charge >= 0.3 is 0 Å². The average molecular weight is 500 g/mol. The van der Waals surface area contributed by atoms with Crippen molar-refractivity contribution in [1.29, 1.82) is 0 Å². The Morgan fingerprint density at radius 2 is 1.61 bits per heavy atom. The van der Waals surface area contributed by atoms with E-state index in [0.717, 1.165) is 5.56 Å². The summed E-state index contributed by atoms with van der Waals surface area (Å²) in [6, 6.07) is 23.8. The summed E-state index contributed by atoms with van der Waals surface area (Å²) < 4.78 is 26.9. The van der Waals surface area contributed by atoms with Crippen molar-refractivity contribution in [3.63, 3.8) is 0 Å². The number of rotatable bonds is 4. The molecule has 0 spiro atoms. The summed E-state index contributed by atoms with van der Waals surface area (Å²) in [5.41, 5.74) is 7.66. The number of hydrogen-bond donors (Lipinski definition) is 3. The van der Waals surface area contributed by atoms with Crippen LogP contribution in [-0.2, 0) is 14.8 Å². The normalized spacial score (nSPS) is 15.6. The monoisotopic (exact) mass is 499 g/mol. The minimum Gasteiger partial charge on any atom is -0.271 e. The van der Waals surface area contributed by atoms with Crippen molar-refractivity contribution in [2.45, 2.75) is 17.9 Å². The van der Waals surface area contributed by atoms with Crippen molar-refractivity contribution in [1.82, 2.24) is 20.6 Å². The smallest absolute Gasteiger partial charge is 0.270 e. The Kier molecular flexibility index (Phi) is 5.95. The van der Waals surface area contributed by atoms with Crippen molar-refractivity contribution in [3.8, 4) is 11.3 Å². The number of benzene rings is 3. The van der Waals surface area contributed by atoms with E-state index >= 15 is 0 Å². The third kappa shape index (κ3) is 4.41. The number of aromatic nitrogens is 1. The first kappa shape index (κ1) is 23.2. The molecule has 2 amide bonds. The van der Waals surface area contributed by atoms with Gasteiger partial charge < -0.3 is 0 Å². The van der Waals surface area contributed by atoms with Gasteiger partial charge in [0.05, 0.1) is 21.7 Å². The Balaban J connectivity index is 1.35. The number of hydrazine groups is 1. The van der Waals surface area contributed by atoms with Crippen molar-refractivity contribution in [3.05, 3.63) is 96.1 Å². The fourth-order valence-corrected chi connectivity index (χ4v) is 5.13. The molecule has 0 radical (unpaired) electrons. The highest BCUT2D eigenvalue weighted by atomic mass is 32.2. The van der Waals surface area contributed by atoms with Crippen molar-refractivity contribution >= 4 is 38.6 Å². The molecule has 0 bridgehead atoms. The van der Waals surface area contributed by atoms with Gasteiger partial charge in [0, 0.05) is 16.5 Å². The van der Waals surface area contributed by atoms with Crippen LogP contribution >= 0.6 is 0 Å². The van der Waals surface area contributed by atoms with E-state index in [4.69, 9.17) is 0 Å². The number of amidine groups is 1. The van der Waals surface area contributed by atoms with Crippen molar-refractivity contribution in [2.75, 3.05) is 0 Å². The maximum atomic E-state index is 13.1. The van der Waals surface area contributed by atoms with Gasteiger partial charge in [-0.2, -0.15) is 0 Å². The molecule has 1 atom stereocenters. The minimum atomic E-state index is -3.72. The molecule has 10 heteroatoms.